The van der Waals surface area contributed by atoms with E-state index >= 15 is 0 Å². The number of nitrogens with zero attached hydrogens (tertiary/aromatic N) is 2. The predicted molar refractivity (Wildman–Crippen MR) is 46.9 cm³/mol. The molecule has 5 nitrogen and oxygen atoms in total. The first-order valence-electron chi connectivity index (χ1n) is 4.39. The fourth-order valence-electron chi connectivity index (χ4n) is 1.82. The van der Waals surface area contributed by atoms with Crippen molar-refractivity contribution in [3.63, 3.8) is 0 Å². The molecule has 1 rings (SSSR count). The van der Waals surface area contributed by atoms with Crippen LogP contribution in [0.15, 0.2) is 5.29 Å². The number of piperidine rings is 1. The van der Waals surface area contributed by atoms with Crippen LogP contribution in [0.2, 0.25) is 0 Å². The Hall–Kier alpha value is -1.13. The van der Waals surface area contributed by atoms with Gasteiger partial charge < -0.3 is 5.11 Å². The monoisotopic (exact) mass is 186 g/mol. The lowest BCUT2D eigenvalue weighted by Gasteiger charge is -2.35. The lowest BCUT2D eigenvalue weighted by molar-refractivity contribution is -0.146. The first-order chi connectivity index (χ1) is 6.06. The summed E-state index contributed by atoms with van der Waals surface area (Å²) >= 11 is 0. The molecule has 1 saturated heterocycles. The van der Waals surface area contributed by atoms with Crippen molar-refractivity contribution in [2.24, 2.45) is 17.1 Å². The molecule has 0 bridgehead atoms. The summed E-state index contributed by atoms with van der Waals surface area (Å²) in [7, 11) is 0. The van der Waals surface area contributed by atoms with Crippen molar-refractivity contribution >= 4 is 5.97 Å². The van der Waals surface area contributed by atoms with E-state index in [1.54, 1.807) is 0 Å². The molecule has 0 aromatic carbocycles. The minimum Gasteiger partial charge on any atom is -0.481 e. The largest absolute Gasteiger partial charge is 0.481 e. The summed E-state index contributed by atoms with van der Waals surface area (Å²) in [5, 5.41) is 13.0. The maximum absolute atomic E-state index is 10.8. The molecule has 74 valence electrons. The Morgan fingerprint density at radius 1 is 1.54 bits per heavy atom. The van der Waals surface area contributed by atoms with Gasteiger partial charge in [0.2, 0.25) is 0 Å². The summed E-state index contributed by atoms with van der Waals surface area (Å²) in [6, 6.07) is 0.0584. The number of hydrogen-bond acceptors (Lipinski definition) is 3. The number of nitroso groups, excluding NO2 is 1. The number of carboxylic acids is 1. The molecule has 0 amide bonds. The van der Waals surface area contributed by atoms with E-state index in [1.807, 2.05) is 13.8 Å². The van der Waals surface area contributed by atoms with Crippen LogP contribution < -0.4 is 0 Å². The number of aliphatic carboxylic acids is 1. The molecule has 0 saturated carbocycles. The molecular weight excluding hydrogens is 172 g/mol. The summed E-state index contributed by atoms with van der Waals surface area (Å²) in [5.74, 6) is -1.19. The number of carboxylic acid groups (broad SMARTS) is 1. The highest BCUT2D eigenvalue weighted by Crippen LogP contribution is 2.27. The van der Waals surface area contributed by atoms with E-state index in [2.05, 4.69) is 5.29 Å². The molecule has 1 heterocycles. The Morgan fingerprint density at radius 2 is 2.15 bits per heavy atom. The average Bonchev–Trinajstić information content (AvgIpc) is 2.03. The van der Waals surface area contributed by atoms with Crippen molar-refractivity contribution in [3.05, 3.63) is 4.91 Å². The van der Waals surface area contributed by atoms with Gasteiger partial charge in [-0.3, -0.25) is 9.80 Å². The summed E-state index contributed by atoms with van der Waals surface area (Å²) in [6.07, 6.45) is 0.711. The molecule has 13 heavy (non-hydrogen) atoms. The number of carbonyl (C=O) groups is 1. The molecule has 0 radical (unpaired) electrons. The molecule has 3 unspecified atom stereocenters. The third-order valence-corrected chi connectivity index (χ3v) is 2.71. The van der Waals surface area contributed by atoms with Crippen molar-refractivity contribution in [2.45, 2.75) is 26.3 Å². The molecule has 0 aromatic heterocycles. The van der Waals surface area contributed by atoms with Crippen LogP contribution in [0.5, 0.6) is 0 Å². The highest BCUT2D eigenvalue weighted by atomic mass is 16.4. The van der Waals surface area contributed by atoms with Crippen molar-refractivity contribution in [1.29, 1.82) is 0 Å². The third-order valence-electron chi connectivity index (χ3n) is 2.71. The molecule has 0 aromatic rings. The Balaban J connectivity index is 2.68. The highest BCUT2D eigenvalue weighted by Gasteiger charge is 2.35. The van der Waals surface area contributed by atoms with E-state index in [0.717, 1.165) is 0 Å². The van der Waals surface area contributed by atoms with Gasteiger partial charge in [-0.2, -0.15) is 0 Å². The SMILES string of the molecule is CC1CC(C)N(N=O)CC1C(=O)O. The summed E-state index contributed by atoms with van der Waals surface area (Å²) < 4.78 is 0. The van der Waals surface area contributed by atoms with Crippen LogP contribution in [0.4, 0.5) is 0 Å². The van der Waals surface area contributed by atoms with Gasteiger partial charge in [-0.15, -0.1) is 4.91 Å². The van der Waals surface area contributed by atoms with Crippen LogP contribution in [0.1, 0.15) is 20.3 Å². The van der Waals surface area contributed by atoms with Gasteiger partial charge in [-0.25, -0.2) is 0 Å². The Morgan fingerprint density at radius 3 is 2.62 bits per heavy atom. The van der Waals surface area contributed by atoms with Gasteiger partial charge in [0.1, 0.15) is 0 Å². The second-order valence-corrected chi connectivity index (χ2v) is 3.71. The molecule has 3 atom stereocenters. The maximum Gasteiger partial charge on any atom is 0.308 e. The van der Waals surface area contributed by atoms with Crippen molar-refractivity contribution < 1.29 is 9.90 Å². The van der Waals surface area contributed by atoms with Gasteiger partial charge >= 0.3 is 5.97 Å². The zero-order chi connectivity index (χ0) is 10.0. The van der Waals surface area contributed by atoms with Gasteiger partial charge in [0.05, 0.1) is 17.7 Å². The second-order valence-electron chi connectivity index (χ2n) is 3.71. The Labute approximate surface area is 76.7 Å². The Kier molecular flexibility index (Phi) is 2.85. The fourth-order valence-corrected chi connectivity index (χ4v) is 1.82. The van der Waals surface area contributed by atoms with Crippen molar-refractivity contribution in [1.82, 2.24) is 5.01 Å². The van der Waals surface area contributed by atoms with Gasteiger partial charge in [-0.05, 0) is 19.3 Å². The van der Waals surface area contributed by atoms with Gasteiger partial charge in [0, 0.05) is 6.04 Å². The van der Waals surface area contributed by atoms with E-state index in [1.165, 1.54) is 5.01 Å². The van der Waals surface area contributed by atoms with Crippen LogP contribution in [0.3, 0.4) is 0 Å². The first-order valence-corrected chi connectivity index (χ1v) is 4.39. The van der Waals surface area contributed by atoms with Crippen molar-refractivity contribution in [2.75, 3.05) is 6.54 Å². The first kappa shape index (κ1) is 9.95. The van der Waals surface area contributed by atoms with Crippen LogP contribution in [0, 0.1) is 16.7 Å². The third kappa shape index (κ3) is 1.96. The van der Waals surface area contributed by atoms with E-state index in [-0.39, 0.29) is 18.5 Å². The highest BCUT2D eigenvalue weighted by molar-refractivity contribution is 5.70. The normalized spacial score (nSPS) is 34.3. The molecule has 0 aliphatic carbocycles. The van der Waals surface area contributed by atoms with Crippen LogP contribution in [-0.4, -0.2) is 28.7 Å². The topological polar surface area (TPSA) is 70.0 Å². The average molecular weight is 186 g/mol. The standard InChI is InChI=1S/C8H14N2O3/c1-5-3-6(2)10(9-13)4-7(5)8(11)12/h5-7H,3-4H2,1-2H3,(H,11,12). The molecule has 1 aliphatic rings. The predicted octanol–water partition coefficient (Wildman–Crippen LogP) is 1.10. The second kappa shape index (κ2) is 3.72. The molecule has 1 N–H and O–H groups in total. The van der Waals surface area contributed by atoms with Gasteiger partial charge in [-0.1, -0.05) is 6.92 Å². The maximum atomic E-state index is 10.8. The summed E-state index contributed by atoms with van der Waals surface area (Å²) in [6.45, 7) is 4.02. The zero-order valence-corrected chi connectivity index (χ0v) is 7.80. The fraction of sp³-hybridized carbons (Fsp3) is 0.875. The minimum absolute atomic E-state index is 0.0584. The van der Waals surface area contributed by atoms with E-state index in [9.17, 15) is 9.70 Å². The number of rotatable bonds is 2. The molecule has 1 aliphatic heterocycles. The summed E-state index contributed by atoms with van der Waals surface area (Å²) in [5.41, 5.74) is 0. The minimum atomic E-state index is -0.840. The molecular formula is C8H14N2O3. The van der Waals surface area contributed by atoms with E-state index in [4.69, 9.17) is 5.11 Å². The summed E-state index contributed by atoms with van der Waals surface area (Å²) in [4.78, 5) is 21.1. The van der Waals surface area contributed by atoms with E-state index < -0.39 is 11.9 Å². The lowest BCUT2D eigenvalue weighted by atomic mass is 9.84. The molecule has 1 fully saturated rings. The molecule has 5 heteroatoms. The van der Waals surface area contributed by atoms with Crippen LogP contribution >= 0.6 is 0 Å². The van der Waals surface area contributed by atoms with Gasteiger partial charge in [0.25, 0.3) is 0 Å². The Bertz CT molecular complexity index is 219. The van der Waals surface area contributed by atoms with Gasteiger partial charge in [0.15, 0.2) is 0 Å². The van der Waals surface area contributed by atoms with Crippen LogP contribution in [-0.2, 0) is 4.79 Å². The molecule has 0 spiro atoms. The zero-order valence-electron chi connectivity index (χ0n) is 7.80. The smallest absolute Gasteiger partial charge is 0.308 e. The van der Waals surface area contributed by atoms with Crippen LogP contribution in [0.25, 0.3) is 0 Å². The van der Waals surface area contributed by atoms with Crippen molar-refractivity contribution in [3.8, 4) is 0 Å². The lowest BCUT2D eigenvalue weighted by Crippen LogP contribution is -2.44. The quantitative estimate of drug-likeness (QED) is 0.655. The van der Waals surface area contributed by atoms with E-state index in [0.29, 0.717) is 6.42 Å². The number of hydrogen-bond donors (Lipinski definition) is 1.